The molecule has 2 aromatic heterocycles. The van der Waals surface area contributed by atoms with Crippen LogP contribution >= 0.6 is 22.7 Å². The third kappa shape index (κ3) is 4.15. The van der Waals surface area contributed by atoms with Gasteiger partial charge in [-0.15, -0.1) is 22.7 Å². The van der Waals surface area contributed by atoms with Crippen LogP contribution in [0.1, 0.15) is 21.4 Å². The van der Waals surface area contributed by atoms with Gasteiger partial charge in [0.1, 0.15) is 0 Å². The van der Waals surface area contributed by atoms with Gasteiger partial charge in [0.2, 0.25) is 11.8 Å². The van der Waals surface area contributed by atoms with Gasteiger partial charge in [-0.2, -0.15) is 0 Å². The highest BCUT2D eigenvalue weighted by molar-refractivity contribution is 7.10. The fraction of sp³-hybridized carbons (Fsp3) is 0.500. The molecule has 4 heterocycles. The summed E-state index contributed by atoms with van der Waals surface area (Å²) in [6.45, 7) is 3.66. The molecule has 6 nitrogen and oxygen atoms in total. The SMILES string of the molecule is CN(CC(=O)N1CCOCC1)C(=O)CN1CCc2sccc2[C@H]1c1cccs1. The molecule has 0 bridgehead atoms. The summed E-state index contributed by atoms with van der Waals surface area (Å²) in [5.41, 5.74) is 1.32. The molecule has 4 rings (SSSR count). The average molecular weight is 420 g/mol. The molecule has 2 aromatic rings. The molecule has 1 atom stereocenters. The van der Waals surface area contributed by atoms with Crippen LogP contribution in [-0.4, -0.2) is 79.5 Å². The van der Waals surface area contributed by atoms with Crippen LogP contribution < -0.4 is 0 Å². The molecule has 0 unspecified atom stereocenters. The second-order valence-electron chi connectivity index (χ2n) is 7.18. The number of carbonyl (C=O) groups excluding carboxylic acids is 2. The summed E-state index contributed by atoms with van der Waals surface area (Å²) in [5.74, 6) is -0.0189. The number of thiophene rings is 2. The molecule has 2 aliphatic heterocycles. The summed E-state index contributed by atoms with van der Waals surface area (Å²) in [6, 6.07) is 6.52. The van der Waals surface area contributed by atoms with Crippen molar-refractivity contribution < 1.29 is 14.3 Å². The number of rotatable bonds is 5. The standard InChI is InChI=1S/C20H25N3O3S2/c1-21(13-19(25)22-7-9-26-10-8-22)18(24)14-23-6-4-16-15(5-12-28-16)20(23)17-3-2-11-27-17/h2-3,5,11-12,20H,4,6-10,13-14H2,1H3/t20-/m0/s1. The number of hydrogen-bond donors (Lipinski definition) is 0. The molecule has 1 saturated heterocycles. The van der Waals surface area contributed by atoms with Gasteiger partial charge in [-0.3, -0.25) is 14.5 Å². The normalized spacial score (nSPS) is 20.0. The van der Waals surface area contributed by atoms with Crippen LogP contribution in [0.3, 0.4) is 0 Å². The lowest BCUT2D eigenvalue weighted by Crippen LogP contribution is -2.48. The van der Waals surface area contributed by atoms with Gasteiger partial charge in [0, 0.05) is 36.4 Å². The Morgan fingerprint density at radius 2 is 2.00 bits per heavy atom. The van der Waals surface area contributed by atoms with E-state index in [0.29, 0.717) is 32.8 Å². The number of carbonyl (C=O) groups is 2. The van der Waals surface area contributed by atoms with Crippen molar-refractivity contribution in [3.05, 3.63) is 44.3 Å². The molecule has 0 saturated carbocycles. The van der Waals surface area contributed by atoms with Gasteiger partial charge in [0.25, 0.3) is 0 Å². The third-order valence-corrected chi connectivity index (χ3v) is 7.30. The highest BCUT2D eigenvalue weighted by atomic mass is 32.1. The van der Waals surface area contributed by atoms with Gasteiger partial charge in [0.05, 0.1) is 32.3 Å². The van der Waals surface area contributed by atoms with E-state index in [1.54, 1.807) is 39.5 Å². The Balaban J connectivity index is 1.42. The lowest BCUT2D eigenvalue weighted by Gasteiger charge is -2.36. The predicted octanol–water partition coefficient (Wildman–Crippen LogP) is 2.07. The first kappa shape index (κ1) is 19.6. The summed E-state index contributed by atoms with van der Waals surface area (Å²) in [5, 5.41) is 4.23. The van der Waals surface area contributed by atoms with E-state index in [2.05, 4.69) is 33.9 Å². The second kappa shape index (κ2) is 8.73. The molecule has 28 heavy (non-hydrogen) atoms. The van der Waals surface area contributed by atoms with E-state index in [1.165, 1.54) is 15.3 Å². The summed E-state index contributed by atoms with van der Waals surface area (Å²) >= 11 is 3.53. The highest BCUT2D eigenvalue weighted by Crippen LogP contribution is 2.39. The molecule has 0 aromatic carbocycles. The van der Waals surface area contributed by atoms with E-state index in [4.69, 9.17) is 4.74 Å². The maximum Gasteiger partial charge on any atom is 0.242 e. The van der Waals surface area contributed by atoms with E-state index < -0.39 is 0 Å². The number of fused-ring (bicyclic) bond motifs is 1. The average Bonchev–Trinajstić information content (AvgIpc) is 3.40. The Labute approximate surface area is 173 Å². The van der Waals surface area contributed by atoms with Crippen LogP contribution in [0.25, 0.3) is 0 Å². The summed E-state index contributed by atoms with van der Waals surface area (Å²) < 4.78 is 5.29. The number of amides is 2. The Kier molecular flexibility index (Phi) is 6.10. The zero-order valence-electron chi connectivity index (χ0n) is 16.0. The topological polar surface area (TPSA) is 53.1 Å². The maximum atomic E-state index is 12.9. The first-order valence-corrected chi connectivity index (χ1v) is 11.3. The number of likely N-dealkylation sites (N-methyl/N-ethyl adjacent to an activating group) is 1. The van der Waals surface area contributed by atoms with Crippen molar-refractivity contribution in [2.75, 3.05) is 53.0 Å². The second-order valence-corrected chi connectivity index (χ2v) is 9.16. The minimum atomic E-state index is -0.0122. The predicted molar refractivity (Wildman–Crippen MR) is 111 cm³/mol. The minimum Gasteiger partial charge on any atom is -0.378 e. The van der Waals surface area contributed by atoms with Crippen molar-refractivity contribution >= 4 is 34.5 Å². The van der Waals surface area contributed by atoms with E-state index in [9.17, 15) is 9.59 Å². The van der Waals surface area contributed by atoms with E-state index in [1.807, 2.05) is 0 Å². The first-order chi connectivity index (χ1) is 13.6. The van der Waals surface area contributed by atoms with Crippen LogP contribution in [-0.2, 0) is 20.7 Å². The Bertz CT molecular complexity index is 815. The quantitative estimate of drug-likeness (QED) is 0.745. The lowest BCUT2D eigenvalue weighted by molar-refractivity contribution is -0.142. The maximum absolute atomic E-state index is 12.9. The zero-order valence-corrected chi connectivity index (χ0v) is 17.6. The molecule has 150 valence electrons. The van der Waals surface area contributed by atoms with E-state index in [0.717, 1.165) is 13.0 Å². The first-order valence-electron chi connectivity index (χ1n) is 9.56. The number of morpholine rings is 1. The molecule has 0 radical (unpaired) electrons. The Hall–Kier alpha value is -1.74. The van der Waals surface area contributed by atoms with E-state index in [-0.39, 0.29) is 24.4 Å². The molecule has 0 aliphatic carbocycles. The highest BCUT2D eigenvalue weighted by Gasteiger charge is 2.32. The van der Waals surface area contributed by atoms with Crippen molar-refractivity contribution in [3.63, 3.8) is 0 Å². The molecule has 1 fully saturated rings. The molecular weight excluding hydrogens is 394 g/mol. The van der Waals surface area contributed by atoms with Crippen LogP contribution in [0.5, 0.6) is 0 Å². The van der Waals surface area contributed by atoms with Crippen molar-refractivity contribution in [2.24, 2.45) is 0 Å². The number of hydrogen-bond acceptors (Lipinski definition) is 6. The summed E-state index contributed by atoms with van der Waals surface area (Å²) in [7, 11) is 1.72. The minimum absolute atomic E-state index is 0.00674. The third-order valence-electron chi connectivity index (χ3n) is 5.38. The molecule has 0 spiro atoms. The van der Waals surface area contributed by atoms with Crippen LogP contribution in [0.15, 0.2) is 29.0 Å². The van der Waals surface area contributed by atoms with Crippen molar-refractivity contribution in [2.45, 2.75) is 12.5 Å². The van der Waals surface area contributed by atoms with Gasteiger partial charge < -0.3 is 14.5 Å². The van der Waals surface area contributed by atoms with Crippen molar-refractivity contribution in [3.8, 4) is 0 Å². The van der Waals surface area contributed by atoms with Crippen LogP contribution in [0.4, 0.5) is 0 Å². The number of nitrogens with zero attached hydrogens (tertiary/aromatic N) is 3. The van der Waals surface area contributed by atoms with Crippen molar-refractivity contribution in [1.29, 1.82) is 0 Å². The lowest BCUT2D eigenvalue weighted by atomic mass is 9.98. The molecular formula is C20H25N3O3S2. The van der Waals surface area contributed by atoms with Gasteiger partial charge in [0.15, 0.2) is 0 Å². The fourth-order valence-corrected chi connectivity index (χ4v) is 5.60. The van der Waals surface area contributed by atoms with Gasteiger partial charge in [-0.25, -0.2) is 0 Å². The Morgan fingerprint density at radius 3 is 2.75 bits per heavy atom. The van der Waals surface area contributed by atoms with Crippen molar-refractivity contribution in [1.82, 2.24) is 14.7 Å². The molecule has 8 heteroatoms. The molecule has 0 N–H and O–H groups in total. The molecule has 2 amide bonds. The monoisotopic (exact) mass is 419 g/mol. The van der Waals surface area contributed by atoms with Gasteiger partial charge in [-0.05, 0) is 34.9 Å². The zero-order chi connectivity index (χ0) is 19.5. The Morgan fingerprint density at radius 1 is 1.18 bits per heavy atom. The van der Waals surface area contributed by atoms with Crippen LogP contribution in [0.2, 0.25) is 0 Å². The smallest absolute Gasteiger partial charge is 0.242 e. The summed E-state index contributed by atoms with van der Waals surface area (Å²) in [6.07, 6.45) is 0.971. The summed E-state index contributed by atoms with van der Waals surface area (Å²) in [4.78, 5) is 33.6. The molecule has 2 aliphatic rings. The van der Waals surface area contributed by atoms with Crippen LogP contribution in [0, 0.1) is 0 Å². The largest absolute Gasteiger partial charge is 0.378 e. The van der Waals surface area contributed by atoms with Gasteiger partial charge >= 0.3 is 0 Å². The number of ether oxygens (including phenoxy) is 1. The van der Waals surface area contributed by atoms with Gasteiger partial charge in [-0.1, -0.05) is 6.07 Å². The van der Waals surface area contributed by atoms with E-state index >= 15 is 0 Å². The fourth-order valence-electron chi connectivity index (χ4n) is 3.82.